The van der Waals surface area contributed by atoms with Crippen LogP contribution in [-0.4, -0.2) is 67.6 Å². The monoisotopic (exact) mass is 297 g/mol. The molecule has 0 bridgehead atoms. The largest absolute Gasteiger partial charge is 0.388 e. The summed E-state index contributed by atoms with van der Waals surface area (Å²) in [7, 11) is 0. The van der Waals surface area contributed by atoms with Crippen LogP contribution in [0.2, 0.25) is 0 Å². The van der Waals surface area contributed by atoms with Crippen molar-refractivity contribution >= 4 is 17.7 Å². The number of nitrogens with zero attached hydrogens (tertiary/aromatic N) is 1. The molecule has 1 aromatic carbocycles. The van der Waals surface area contributed by atoms with Crippen LogP contribution in [0.25, 0.3) is 0 Å². The van der Waals surface area contributed by atoms with Crippen LogP contribution in [0.5, 0.6) is 0 Å². The molecule has 2 aliphatic heterocycles. The summed E-state index contributed by atoms with van der Waals surface area (Å²) in [6, 6.07) is 6.98. The molecule has 0 spiro atoms. The topological polar surface area (TPSA) is 101 Å². The number of rotatable bonds is 0. The fourth-order valence-corrected chi connectivity index (χ4v) is 3.87. The molecule has 5 atom stereocenters. The van der Waals surface area contributed by atoms with Crippen LogP contribution in [0.1, 0.15) is 10.4 Å². The highest BCUT2D eigenvalue weighted by Gasteiger charge is 2.47. The Labute approximate surface area is 119 Å². The Balaban J connectivity index is 2.02. The van der Waals surface area contributed by atoms with Gasteiger partial charge in [0.1, 0.15) is 29.8 Å². The van der Waals surface area contributed by atoms with Gasteiger partial charge in [-0.3, -0.25) is 4.79 Å². The number of amides is 1. The Bertz CT molecular complexity index is 539. The van der Waals surface area contributed by atoms with Crippen molar-refractivity contribution in [2.75, 3.05) is 6.54 Å². The maximum atomic E-state index is 12.4. The minimum absolute atomic E-state index is 0.125. The molecule has 1 fully saturated rings. The molecule has 0 saturated carbocycles. The lowest BCUT2D eigenvalue weighted by Crippen LogP contribution is -2.50. The van der Waals surface area contributed by atoms with E-state index in [0.717, 1.165) is 4.90 Å². The first kappa shape index (κ1) is 13.8. The zero-order chi connectivity index (χ0) is 14.4. The number of carbonyl (C=O) groups is 1. The van der Waals surface area contributed by atoms with Crippen molar-refractivity contribution in [1.29, 1.82) is 0 Å². The average Bonchev–Trinajstić information content (AvgIpc) is 2.53. The van der Waals surface area contributed by atoms with Gasteiger partial charge in [0.2, 0.25) is 0 Å². The Kier molecular flexibility index (Phi) is 3.47. The minimum Gasteiger partial charge on any atom is -0.388 e. The lowest BCUT2D eigenvalue weighted by Gasteiger charge is -2.37. The number of carbonyl (C=O) groups excluding carboxylic acids is 1. The summed E-state index contributed by atoms with van der Waals surface area (Å²) < 4.78 is 0. The standard InChI is InChI=1S/C13H15NO5S/c15-7-5-14-12(19)6-3-1-2-4-8(6)20-13(14)11(18)10(17)9(7)16/h1-4,7,9-11,13,15-18H,5H2/t7-,9-,10+,11-,13-/m1/s1. The summed E-state index contributed by atoms with van der Waals surface area (Å²) in [6.45, 7) is -0.125. The molecule has 1 saturated heterocycles. The van der Waals surface area contributed by atoms with Crippen LogP contribution in [0, 0.1) is 0 Å². The van der Waals surface area contributed by atoms with E-state index in [-0.39, 0.29) is 12.5 Å². The first-order valence-corrected chi connectivity index (χ1v) is 7.17. The van der Waals surface area contributed by atoms with Crippen molar-refractivity contribution in [2.24, 2.45) is 0 Å². The lowest BCUT2D eigenvalue weighted by atomic mass is 10.1. The van der Waals surface area contributed by atoms with Crippen LogP contribution < -0.4 is 0 Å². The number of thioether (sulfide) groups is 1. The Morgan fingerprint density at radius 3 is 2.50 bits per heavy atom. The van der Waals surface area contributed by atoms with Crippen LogP contribution in [0.15, 0.2) is 29.2 Å². The van der Waals surface area contributed by atoms with Gasteiger partial charge in [-0.15, -0.1) is 0 Å². The Morgan fingerprint density at radius 1 is 1.05 bits per heavy atom. The molecule has 0 radical (unpaired) electrons. The van der Waals surface area contributed by atoms with Crippen LogP contribution >= 0.6 is 11.8 Å². The molecule has 4 N–H and O–H groups in total. The molecule has 108 valence electrons. The molecule has 1 amide bonds. The van der Waals surface area contributed by atoms with Crippen molar-refractivity contribution in [1.82, 2.24) is 4.90 Å². The molecular weight excluding hydrogens is 282 g/mol. The number of benzene rings is 1. The van der Waals surface area contributed by atoms with Crippen molar-refractivity contribution in [3.05, 3.63) is 29.8 Å². The summed E-state index contributed by atoms with van der Waals surface area (Å²) in [5.41, 5.74) is 0.499. The first-order chi connectivity index (χ1) is 9.50. The fourth-order valence-electron chi connectivity index (χ4n) is 2.56. The summed E-state index contributed by atoms with van der Waals surface area (Å²) >= 11 is 1.25. The third-order valence-corrected chi connectivity index (χ3v) is 5.09. The molecule has 0 aliphatic carbocycles. The van der Waals surface area contributed by atoms with Crippen molar-refractivity contribution in [3.63, 3.8) is 0 Å². The SMILES string of the molecule is O=C1c2ccccc2S[C@@H]2[C@H](O)[C@@H](O)[C@H](O)[C@H](O)CN12. The maximum absolute atomic E-state index is 12.4. The fraction of sp³-hybridized carbons (Fsp3) is 0.462. The molecule has 7 heteroatoms. The molecule has 20 heavy (non-hydrogen) atoms. The van der Waals surface area contributed by atoms with Gasteiger partial charge in [-0.05, 0) is 12.1 Å². The molecular formula is C13H15NO5S. The van der Waals surface area contributed by atoms with Gasteiger partial charge in [-0.25, -0.2) is 0 Å². The van der Waals surface area contributed by atoms with E-state index in [2.05, 4.69) is 0 Å². The van der Waals surface area contributed by atoms with Crippen LogP contribution in [0.3, 0.4) is 0 Å². The number of hydrogen-bond acceptors (Lipinski definition) is 6. The highest BCUT2D eigenvalue weighted by atomic mass is 32.2. The van der Waals surface area contributed by atoms with E-state index in [0.29, 0.717) is 5.56 Å². The van der Waals surface area contributed by atoms with Gasteiger partial charge in [-0.1, -0.05) is 23.9 Å². The van der Waals surface area contributed by atoms with Crippen molar-refractivity contribution in [2.45, 2.75) is 34.7 Å². The summed E-state index contributed by atoms with van der Waals surface area (Å²) in [6.07, 6.45) is -5.60. The van der Waals surface area contributed by atoms with Crippen LogP contribution in [0.4, 0.5) is 0 Å². The van der Waals surface area contributed by atoms with E-state index in [4.69, 9.17) is 0 Å². The zero-order valence-electron chi connectivity index (χ0n) is 10.5. The predicted octanol–water partition coefficient (Wildman–Crippen LogP) is -0.982. The van der Waals surface area contributed by atoms with E-state index in [1.807, 2.05) is 0 Å². The Hall–Kier alpha value is -1.12. The van der Waals surface area contributed by atoms with Crippen LogP contribution in [-0.2, 0) is 0 Å². The molecule has 0 aromatic heterocycles. The van der Waals surface area contributed by atoms with E-state index >= 15 is 0 Å². The van der Waals surface area contributed by atoms with Crippen molar-refractivity contribution < 1.29 is 25.2 Å². The van der Waals surface area contributed by atoms with E-state index in [1.165, 1.54) is 16.7 Å². The van der Waals surface area contributed by atoms with Crippen molar-refractivity contribution in [3.8, 4) is 0 Å². The maximum Gasteiger partial charge on any atom is 0.256 e. The molecule has 1 aromatic rings. The second kappa shape index (κ2) is 5.01. The smallest absolute Gasteiger partial charge is 0.256 e. The molecule has 3 rings (SSSR count). The van der Waals surface area contributed by atoms with E-state index in [1.54, 1.807) is 24.3 Å². The summed E-state index contributed by atoms with van der Waals surface area (Å²) in [5, 5.41) is 38.9. The van der Waals surface area contributed by atoms with Gasteiger partial charge in [-0.2, -0.15) is 0 Å². The van der Waals surface area contributed by atoms with E-state index < -0.39 is 29.8 Å². The van der Waals surface area contributed by atoms with Gasteiger partial charge < -0.3 is 25.3 Å². The lowest BCUT2D eigenvalue weighted by molar-refractivity contribution is -0.0911. The predicted molar refractivity (Wildman–Crippen MR) is 71.2 cm³/mol. The Morgan fingerprint density at radius 2 is 1.75 bits per heavy atom. The van der Waals surface area contributed by atoms with Gasteiger partial charge in [0.05, 0.1) is 12.1 Å². The third kappa shape index (κ3) is 2.02. The average molecular weight is 297 g/mol. The quantitative estimate of drug-likeness (QED) is 0.491. The van der Waals surface area contributed by atoms with Gasteiger partial charge in [0.25, 0.3) is 5.91 Å². The molecule has 2 aliphatic rings. The molecule has 0 unspecified atom stereocenters. The number of fused-ring (bicyclic) bond motifs is 2. The minimum atomic E-state index is -1.49. The zero-order valence-corrected chi connectivity index (χ0v) is 11.3. The number of aliphatic hydroxyl groups excluding tert-OH is 4. The van der Waals surface area contributed by atoms with Gasteiger partial charge in [0, 0.05) is 4.90 Å². The van der Waals surface area contributed by atoms with Gasteiger partial charge in [0.15, 0.2) is 0 Å². The second-order valence-electron chi connectivity index (χ2n) is 5.00. The highest BCUT2D eigenvalue weighted by molar-refractivity contribution is 8.00. The summed E-state index contributed by atoms with van der Waals surface area (Å²) in [5.74, 6) is -0.316. The van der Waals surface area contributed by atoms with E-state index in [9.17, 15) is 25.2 Å². The molecule has 2 heterocycles. The third-order valence-electron chi connectivity index (χ3n) is 3.70. The molecule has 6 nitrogen and oxygen atoms in total. The highest BCUT2D eigenvalue weighted by Crippen LogP contribution is 2.39. The number of aliphatic hydroxyl groups is 4. The first-order valence-electron chi connectivity index (χ1n) is 6.29. The summed E-state index contributed by atoms with van der Waals surface area (Å²) in [4.78, 5) is 14.5. The number of hydrogen-bond donors (Lipinski definition) is 4. The second-order valence-corrected chi connectivity index (χ2v) is 6.16. The normalized spacial score (nSPS) is 37.1. The van der Waals surface area contributed by atoms with Gasteiger partial charge >= 0.3 is 0 Å².